The van der Waals surface area contributed by atoms with E-state index < -0.39 is 0 Å². The largest absolute Gasteiger partial charge is 0.462 e. The van der Waals surface area contributed by atoms with Crippen LogP contribution in [-0.4, -0.2) is 17.6 Å². The van der Waals surface area contributed by atoms with Crippen molar-refractivity contribution in [2.75, 3.05) is 6.61 Å². The van der Waals surface area contributed by atoms with Gasteiger partial charge in [-0.05, 0) is 24.6 Å². The van der Waals surface area contributed by atoms with Crippen LogP contribution in [0.2, 0.25) is 5.02 Å². The SMILES string of the molecule is CCOC(=O)c1cnc(Cc2ccc(Cl)cc2)s1. The van der Waals surface area contributed by atoms with E-state index >= 15 is 0 Å². The summed E-state index contributed by atoms with van der Waals surface area (Å²) in [5, 5.41) is 1.60. The van der Waals surface area contributed by atoms with Gasteiger partial charge >= 0.3 is 5.97 Å². The lowest BCUT2D eigenvalue weighted by atomic mass is 10.2. The fraction of sp³-hybridized carbons (Fsp3) is 0.231. The van der Waals surface area contributed by atoms with Crippen LogP contribution in [0.1, 0.15) is 27.2 Å². The second-order valence-electron chi connectivity index (χ2n) is 3.64. The summed E-state index contributed by atoms with van der Waals surface area (Å²) in [4.78, 5) is 16.3. The first-order valence-electron chi connectivity index (χ1n) is 5.55. The molecule has 94 valence electrons. The Bertz CT molecular complexity index is 536. The zero-order valence-electron chi connectivity index (χ0n) is 9.85. The number of nitrogens with zero attached hydrogens (tertiary/aromatic N) is 1. The van der Waals surface area contributed by atoms with Crippen LogP contribution in [0.5, 0.6) is 0 Å². The standard InChI is InChI=1S/C13H12ClNO2S/c1-2-17-13(16)11-8-15-12(18-11)7-9-3-5-10(14)6-4-9/h3-6,8H,2,7H2,1H3. The first-order valence-corrected chi connectivity index (χ1v) is 6.74. The van der Waals surface area contributed by atoms with Crippen molar-refractivity contribution in [3.63, 3.8) is 0 Å². The molecule has 0 saturated carbocycles. The summed E-state index contributed by atoms with van der Waals surface area (Å²) in [5.41, 5.74) is 1.11. The maximum atomic E-state index is 11.5. The molecule has 0 N–H and O–H groups in total. The number of aromatic nitrogens is 1. The molecule has 0 spiro atoms. The molecular weight excluding hydrogens is 270 g/mol. The third-order valence-corrected chi connectivity index (χ3v) is 3.53. The van der Waals surface area contributed by atoms with Gasteiger partial charge in [-0.3, -0.25) is 0 Å². The monoisotopic (exact) mass is 281 g/mol. The molecule has 0 bridgehead atoms. The minimum Gasteiger partial charge on any atom is -0.462 e. The van der Waals surface area contributed by atoms with Crippen molar-refractivity contribution in [3.8, 4) is 0 Å². The number of rotatable bonds is 4. The Balaban J connectivity index is 2.06. The lowest BCUT2D eigenvalue weighted by molar-refractivity contribution is 0.0532. The van der Waals surface area contributed by atoms with Crippen molar-refractivity contribution in [2.24, 2.45) is 0 Å². The number of esters is 1. The van der Waals surface area contributed by atoms with Crippen molar-refractivity contribution in [2.45, 2.75) is 13.3 Å². The molecule has 3 nitrogen and oxygen atoms in total. The van der Waals surface area contributed by atoms with Crippen molar-refractivity contribution in [3.05, 3.63) is 50.9 Å². The molecule has 0 fully saturated rings. The molecule has 2 aromatic rings. The van der Waals surface area contributed by atoms with Gasteiger partial charge in [-0.15, -0.1) is 11.3 Å². The van der Waals surface area contributed by atoms with Crippen LogP contribution in [-0.2, 0) is 11.2 Å². The predicted octanol–water partition coefficient (Wildman–Crippen LogP) is 3.56. The molecule has 0 amide bonds. The molecule has 0 radical (unpaired) electrons. The molecule has 0 aliphatic heterocycles. The van der Waals surface area contributed by atoms with E-state index in [4.69, 9.17) is 16.3 Å². The van der Waals surface area contributed by atoms with E-state index in [1.165, 1.54) is 11.3 Å². The molecule has 2 rings (SSSR count). The minimum absolute atomic E-state index is 0.308. The average Bonchev–Trinajstić information content (AvgIpc) is 2.81. The van der Waals surface area contributed by atoms with Gasteiger partial charge in [0.05, 0.1) is 17.8 Å². The third-order valence-electron chi connectivity index (χ3n) is 2.30. The number of ether oxygens (including phenoxy) is 1. The summed E-state index contributed by atoms with van der Waals surface area (Å²) < 4.78 is 4.92. The number of hydrogen-bond donors (Lipinski definition) is 0. The zero-order chi connectivity index (χ0) is 13.0. The molecule has 1 aromatic heterocycles. The highest BCUT2D eigenvalue weighted by Gasteiger charge is 2.11. The van der Waals surface area contributed by atoms with E-state index in [-0.39, 0.29) is 5.97 Å². The predicted molar refractivity (Wildman–Crippen MR) is 72.3 cm³/mol. The second-order valence-corrected chi connectivity index (χ2v) is 5.19. The Morgan fingerprint density at radius 3 is 2.78 bits per heavy atom. The highest BCUT2D eigenvalue weighted by molar-refractivity contribution is 7.13. The van der Waals surface area contributed by atoms with E-state index in [2.05, 4.69) is 4.98 Å². The second kappa shape index (κ2) is 5.98. The topological polar surface area (TPSA) is 39.2 Å². The number of carbonyl (C=O) groups excluding carboxylic acids is 1. The minimum atomic E-state index is -0.308. The van der Waals surface area contributed by atoms with E-state index in [9.17, 15) is 4.79 Å². The van der Waals surface area contributed by atoms with Crippen molar-refractivity contribution in [1.82, 2.24) is 4.98 Å². The quantitative estimate of drug-likeness (QED) is 0.805. The summed E-state index contributed by atoms with van der Waals surface area (Å²) in [5.74, 6) is -0.308. The fourth-order valence-electron chi connectivity index (χ4n) is 1.47. The normalized spacial score (nSPS) is 10.3. The first-order chi connectivity index (χ1) is 8.69. The van der Waals surface area contributed by atoms with E-state index in [1.807, 2.05) is 24.3 Å². The van der Waals surface area contributed by atoms with Gasteiger partial charge in [0.25, 0.3) is 0 Å². The fourth-order valence-corrected chi connectivity index (χ4v) is 2.44. The van der Waals surface area contributed by atoms with E-state index in [1.54, 1.807) is 13.1 Å². The molecule has 0 aliphatic carbocycles. The molecule has 1 aromatic carbocycles. The third kappa shape index (κ3) is 3.31. The van der Waals surface area contributed by atoms with Crippen molar-refractivity contribution < 1.29 is 9.53 Å². The lowest BCUT2D eigenvalue weighted by Gasteiger charge is -1.98. The summed E-state index contributed by atoms with van der Waals surface area (Å²) in [6.45, 7) is 2.16. The maximum absolute atomic E-state index is 11.5. The van der Waals surface area contributed by atoms with E-state index in [0.717, 1.165) is 10.6 Å². The Labute approximate surface area is 114 Å². The van der Waals surface area contributed by atoms with Crippen LogP contribution in [0.15, 0.2) is 30.5 Å². The van der Waals surface area contributed by atoms with Gasteiger partial charge in [0, 0.05) is 11.4 Å². The van der Waals surface area contributed by atoms with Crippen LogP contribution < -0.4 is 0 Å². The summed E-state index contributed by atoms with van der Waals surface area (Å²) in [6, 6.07) is 7.59. The molecule has 5 heteroatoms. The van der Waals surface area contributed by atoms with Crippen LogP contribution in [0.25, 0.3) is 0 Å². The zero-order valence-corrected chi connectivity index (χ0v) is 11.4. The number of carbonyl (C=O) groups is 1. The van der Waals surface area contributed by atoms with Gasteiger partial charge in [-0.2, -0.15) is 0 Å². The highest BCUT2D eigenvalue weighted by Crippen LogP contribution is 2.19. The van der Waals surface area contributed by atoms with Gasteiger partial charge in [-0.25, -0.2) is 9.78 Å². The number of thiazole rings is 1. The summed E-state index contributed by atoms with van der Waals surface area (Å²) >= 11 is 7.18. The Morgan fingerprint density at radius 1 is 1.39 bits per heavy atom. The molecule has 0 aliphatic rings. The van der Waals surface area contributed by atoms with Crippen LogP contribution >= 0.6 is 22.9 Å². The van der Waals surface area contributed by atoms with Crippen molar-refractivity contribution >= 4 is 28.9 Å². The highest BCUT2D eigenvalue weighted by atomic mass is 35.5. The van der Waals surface area contributed by atoms with Gasteiger partial charge in [-0.1, -0.05) is 23.7 Å². The number of hydrogen-bond acceptors (Lipinski definition) is 4. The van der Waals surface area contributed by atoms with Gasteiger partial charge in [0.2, 0.25) is 0 Å². The van der Waals surface area contributed by atoms with Gasteiger partial charge in [0.15, 0.2) is 0 Å². The average molecular weight is 282 g/mol. The molecule has 1 heterocycles. The number of benzene rings is 1. The summed E-state index contributed by atoms with van der Waals surface area (Å²) in [6.07, 6.45) is 2.26. The van der Waals surface area contributed by atoms with Crippen LogP contribution in [0.4, 0.5) is 0 Å². The maximum Gasteiger partial charge on any atom is 0.349 e. The van der Waals surface area contributed by atoms with Crippen LogP contribution in [0, 0.1) is 0 Å². The molecule has 18 heavy (non-hydrogen) atoms. The molecule has 0 saturated heterocycles. The van der Waals surface area contributed by atoms with Crippen molar-refractivity contribution in [1.29, 1.82) is 0 Å². The first kappa shape index (κ1) is 13.1. The molecular formula is C13H12ClNO2S. The molecule has 0 unspecified atom stereocenters. The van der Waals surface area contributed by atoms with Gasteiger partial charge < -0.3 is 4.74 Å². The lowest BCUT2D eigenvalue weighted by Crippen LogP contribution is -2.01. The Kier molecular flexibility index (Phi) is 4.33. The van der Waals surface area contributed by atoms with Crippen LogP contribution in [0.3, 0.4) is 0 Å². The Morgan fingerprint density at radius 2 is 2.11 bits per heavy atom. The smallest absolute Gasteiger partial charge is 0.349 e. The molecule has 0 atom stereocenters. The van der Waals surface area contributed by atoms with E-state index in [0.29, 0.717) is 22.9 Å². The van der Waals surface area contributed by atoms with Gasteiger partial charge in [0.1, 0.15) is 4.88 Å². The Hall–Kier alpha value is -1.39. The number of halogens is 1. The summed E-state index contributed by atoms with van der Waals surface area (Å²) in [7, 11) is 0.